The molecule has 0 aliphatic carbocycles. The molecule has 0 rings (SSSR count). The lowest BCUT2D eigenvalue weighted by Gasteiger charge is -2.01. The molecule has 0 aliphatic heterocycles. The number of hydrogen-bond acceptors (Lipinski definition) is 1. The first-order chi connectivity index (χ1) is 4.18. The molecular formula is C7H13BrO. The van der Waals surface area contributed by atoms with Crippen molar-refractivity contribution in [3.8, 4) is 0 Å². The molecule has 0 fully saturated rings. The highest BCUT2D eigenvalue weighted by molar-refractivity contribution is 9.09. The Morgan fingerprint density at radius 1 is 1.78 bits per heavy atom. The fraction of sp³-hybridized carbons (Fsp3) is 0.714. The van der Waals surface area contributed by atoms with Gasteiger partial charge in [0.1, 0.15) is 0 Å². The molecule has 0 saturated heterocycles. The van der Waals surface area contributed by atoms with Gasteiger partial charge in [-0.1, -0.05) is 27.6 Å². The normalized spacial score (nSPS) is 15.8. The Hall–Kier alpha value is 0.180. The molecule has 0 N–H and O–H groups in total. The average molecular weight is 193 g/mol. The van der Waals surface area contributed by atoms with Gasteiger partial charge in [-0.05, 0) is 13.8 Å². The van der Waals surface area contributed by atoms with Crippen LogP contribution >= 0.6 is 15.9 Å². The van der Waals surface area contributed by atoms with E-state index in [9.17, 15) is 0 Å². The molecule has 0 bridgehead atoms. The quantitative estimate of drug-likeness (QED) is 0.493. The molecule has 0 aliphatic rings. The van der Waals surface area contributed by atoms with Gasteiger partial charge in [0.2, 0.25) is 0 Å². The molecule has 0 aromatic carbocycles. The van der Waals surface area contributed by atoms with Gasteiger partial charge in [0.15, 0.2) is 0 Å². The monoisotopic (exact) mass is 192 g/mol. The van der Waals surface area contributed by atoms with E-state index in [2.05, 4.69) is 35.9 Å². The summed E-state index contributed by atoms with van der Waals surface area (Å²) in [6, 6.07) is 0. The Morgan fingerprint density at radius 2 is 2.33 bits per heavy atom. The Labute approximate surface area is 65.2 Å². The fourth-order valence-electron chi connectivity index (χ4n) is 0.377. The minimum atomic E-state index is 0.465. The Balaban J connectivity index is 3.55. The predicted molar refractivity (Wildman–Crippen MR) is 44.0 cm³/mol. The van der Waals surface area contributed by atoms with Crippen molar-refractivity contribution in [3.05, 3.63) is 11.6 Å². The van der Waals surface area contributed by atoms with Crippen LogP contribution in [-0.4, -0.2) is 18.5 Å². The zero-order valence-electron chi connectivity index (χ0n) is 6.15. The van der Waals surface area contributed by atoms with Gasteiger partial charge < -0.3 is 4.74 Å². The molecular weight excluding hydrogens is 180 g/mol. The van der Waals surface area contributed by atoms with Gasteiger partial charge in [0.05, 0.1) is 6.61 Å². The van der Waals surface area contributed by atoms with Crippen LogP contribution in [0, 0.1) is 0 Å². The Bertz CT molecular complexity index is 97.1. The summed E-state index contributed by atoms with van der Waals surface area (Å²) in [6.07, 6.45) is 2.07. The van der Waals surface area contributed by atoms with Gasteiger partial charge in [-0.3, -0.25) is 0 Å². The second-order valence-corrected chi connectivity index (χ2v) is 3.39. The van der Waals surface area contributed by atoms with Crippen LogP contribution < -0.4 is 0 Å². The smallest absolute Gasteiger partial charge is 0.0646 e. The van der Waals surface area contributed by atoms with Crippen LogP contribution in [0.2, 0.25) is 0 Å². The van der Waals surface area contributed by atoms with E-state index in [4.69, 9.17) is 4.74 Å². The molecule has 1 unspecified atom stereocenters. The van der Waals surface area contributed by atoms with Crippen molar-refractivity contribution in [1.82, 2.24) is 0 Å². The number of alkyl halides is 1. The minimum Gasteiger partial charge on any atom is -0.381 e. The SMILES string of the molecule is COC/C=C(\C)C(C)Br. The van der Waals surface area contributed by atoms with Crippen LogP contribution in [-0.2, 0) is 4.74 Å². The maximum atomic E-state index is 4.87. The third kappa shape index (κ3) is 4.67. The Morgan fingerprint density at radius 3 is 2.67 bits per heavy atom. The fourth-order valence-corrected chi connectivity index (χ4v) is 0.564. The number of methoxy groups -OCH3 is 1. The first-order valence-corrected chi connectivity index (χ1v) is 3.89. The number of hydrogen-bond donors (Lipinski definition) is 0. The number of allylic oxidation sites excluding steroid dienone is 1. The van der Waals surface area contributed by atoms with Crippen LogP contribution in [0.4, 0.5) is 0 Å². The summed E-state index contributed by atoms with van der Waals surface area (Å²) in [5.41, 5.74) is 1.32. The van der Waals surface area contributed by atoms with E-state index < -0.39 is 0 Å². The zero-order chi connectivity index (χ0) is 7.28. The van der Waals surface area contributed by atoms with Crippen LogP contribution in [0.25, 0.3) is 0 Å². The van der Waals surface area contributed by atoms with Crippen molar-refractivity contribution in [1.29, 1.82) is 0 Å². The summed E-state index contributed by atoms with van der Waals surface area (Å²) in [6.45, 7) is 4.89. The van der Waals surface area contributed by atoms with Crippen LogP contribution in [0.15, 0.2) is 11.6 Å². The minimum absolute atomic E-state index is 0.465. The summed E-state index contributed by atoms with van der Waals surface area (Å²) >= 11 is 3.45. The lowest BCUT2D eigenvalue weighted by molar-refractivity contribution is 0.233. The summed E-state index contributed by atoms with van der Waals surface area (Å²) in [5.74, 6) is 0. The molecule has 54 valence electrons. The van der Waals surface area contributed by atoms with Gasteiger partial charge in [-0.25, -0.2) is 0 Å². The van der Waals surface area contributed by atoms with Gasteiger partial charge in [0.25, 0.3) is 0 Å². The van der Waals surface area contributed by atoms with Crippen molar-refractivity contribution in [2.24, 2.45) is 0 Å². The van der Waals surface area contributed by atoms with Gasteiger partial charge in [-0.2, -0.15) is 0 Å². The van der Waals surface area contributed by atoms with E-state index in [1.54, 1.807) is 7.11 Å². The van der Waals surface area contributed by atoms with E-state index in [1.807, 2.05) is 0 Å². The number of ether oxygens (including phenoxy) is 1. The lowest BCUT2D eigenvalue weighted by Crippen LogP contribution is -1.93. The van der Waals surface area contributed by atoms with Crippen molar-refractivity contribution in [3.63, 3.8) is 0 Å². The third-order valence-electron chi connectivity index (χ3n) is 1.20. The molecule has 1 nitrogen and oxygen atoms in total. The zero-order valence-corrected chi connectivity index (χ0v) is 7.73. The van der Waals surface area contributed by atoms with Crippen molar-refractivity contribution >= 4 is 15.9 Å². The highest BCUT2D eigenvalue weighted by Crippen LogP contribution is 2.09. The largest absolute Gasteiger partial charge is 0.381 e. The first-order valence-electron chi connectivity index (χ1n) is 2.98. The van der Waals surface area contributed by atoms with Crippen LogP contribution in [0.5, 0.6) is 0 Å². The maximum Gasteiger partial charge on any atom is 0.0646 e. The maximum absolute atomic E-state index is 4.87. The Kier molecular flexibility index (Phi) is 5.10. The molecule has 0 aromatic heterocycles. The van der Waals surface area contributed by atoms with Crippen LogP contribution in [0.1, 0.15) is 13.8 Å². The first kappa shape index (κ1) is 9.18. The molecule has 0 spiro atoms. The molecule has 0 radical (unpaired) electrons. The second-order valence-electron chi connectivity index (χ2n) is 2.02. The van der Waals surface area contributed by atoms with E-state index >= 15 is 0 Å². The molecule has 0 amide bonds. The van der Waals surface area contributed by atoms with Crippen molar-refractivity contribution in [2.75, 3.05) is 13.7 Å². The van der Waals surface area contributed by atoms with E-state index in [0.717, 1.165) is 0 Å². The van der Waals surface area contributed by atoms with Crippen molar-refractivity contribution in [2.45, 2.75) is 18.7 Å². The summed E-state index contributed by atoms with van der Waals surface area (Å²) in [4.78, 5) is 0.465. The highest BCUT2D eigenvalue weighted by atomic mass is 79.9. The van der Waals surface area contributed by atoms with Crippen molar-refractivity contribution < 1.29 is 4.74 Å². The standard InChI is InChI=1S/C7H13BrO/c1-6(7(2)8)4-5-9-3/h4,7H,5H2,1-3H3/b6-4+. The summed E-state index contributed by atoms with van der Waals surface area (Å²) in [7, 11) is 1.70. The van der Waals surface area contributed by atoms with Gasteiger partial charge in [-0.15, -0.1) is 0 Å². The van der Waals surface area contributed by atoms with Gasteiger partial charge in [0, 0.05) is 11.9 Å². The molecule has 0 saturated carbocycles. The van der Waals surface area contributed by atoms with E-state index in [-0.39, 0.29) is 0 Å². The second kappa shape index (κ2) is 5.00. The highest BCUT2D eigenvalue weighted by Gasteiger charge is 1.94. The molecule has 0 heterocycles. The molecule has 2 heteroatoms. The molecule has 9 heavy (non-hydrogen) atoms. The average Bonchev–Trinajstić information content (AvgIpc) is 1.82. The van der Waals surface area contributed by atoms with Crippen LogP contribution in [0.3, 0.4) is 0 Å². The summed E-state index contributed by atoms with van der Waals surface area (Å²) in [5, 5.41) is 0. The van der Waals surface area contributed by atoms with E-state index in [0.29, 0.717) is 11.4 Å². The number of halogens is 1. The topological polar surface area (TPSA) is 9.23 Å². The third-order valence-corrected chi connectivity index (χ3v) is 1.92. The van der Waals surface area contributed by atoms with E-state index in [1.165, 1.54) is 5.57 Å². The molecule has 1 atom stereocenters. The number of rotatable bonds is 3. The predicted octanol–water partition coefficient (Wildman–Crippen LogP) is 2.36. The molecule has 0 aromatic rings. The lowest BCUT2D eigenvalue weighted by atomic mass is 10.2. The van der Waals surface area contributed by atoms with Gasteiger partial charge >= 0.3 is 0 Å². The summed E-state index contributed by atoms with van der Waals surface area (Å²) < 4.78 is 4.87.